The van der Waals surface area contributed by atoms with Gasteiger partial charge < -0.3 is 20.0 Å². The summed E-state index contributed by atoms with van der Waals surface area (Å²) in [5, 5.41) is 23.1. The van der Waals surface area contributed by atoms with Crippen molar-refractivity contribution in [2.75, 3.05) is 41.3 Å². The fourth-order valence-corrected chi connectivity index (χ4v) is 8.13. The maximum atomic E-state index is 13.6. The van der Waals surface area contributed by atoms with Crippen LogP contribution in [0.4, 0.5) is 17.6 Å². The van der Waals surface area contributed by atoms with Gasteiger partial charge in [0.25, 0.3) is 0 Å². The molecule has 2 aliphatic rings. The molecule has 0 aromatic heterocycles. The van der Waals surface area contributed by atoms with Crippen LogP contribution in [0.3, 0.4) is 0 Å². The van der Waals surface area contributed by atoms with E-state index in [1.165, 1.54) is 23.8 Å². The second-order valence-corrected chi connectivity index (χ2v) is 15.6. The molecule has 0 bridgehead atoms. The van der Waals surface area contributed by atoms with Crippen LogP contribution in [-0.2, 0) is 23.8 Å². The summed E-state index contributed by atoms with van der Waals surface area (Å²) in [6, 6.07) is 16.4. The van der Waals surface area contributed by atoms with Gasteiger partial charge in [-0.2, -0.15) is 13.2 Å². The Bertz CT molecular complexity index is 1540. The zero-order valence-electron chi connectivity index (χ0n) is 28.5. The first-order valence-corrected chi connectivity index (χ1v) is 17.9. The molecular formula is C38H47Cl3F4N2O2. The van der Waals surface area contributed by atoms with Crippen LogP contribution in [0.1, 0.15) is 67.2 Å². The van der Waals surface area contributed by atoms with E-state index < -0.39 is 28.8 Å². The minimum atomic E-state index is -4.52. The zero-order chi connectivity index (χ0) is 36.1. The molecule has 3 aromatic rings. The van der Waals surface area contributed by atoms with Crippen LogP contribution in [0.15, 0.2) is 60.7 Å². The molecule has 49 heavy (non-hydrogen) atoms. The zero-order valence-corrected chi connectivity index (χ0v) is 30.8. The van der Waals surface area contributed by atoms with Crippen molar-refractivity contribution in [3.63, 3.8) is 0 Å². The van der Waals surface area contributed by atoms with Gasteiger partial charge in [-0.1, -0.05) is 71.9 Å². The molecule has 3 aromatic carbocycles. The molecule has 5 atom stereocenters. The van der Waals surface area contributed by atoms with Crippen LogP contribution in [0.25, 0.3) is 0 Å². The van der Waals surface area contributed by atoms with Gasteiger partial charge in [0, 0.05) is 29.9 Å². The van der Waals surface area contributed by atoms with Crippen LogP contribution >= 0.6 is 34.8 Å². The number of halogens is 7. The Labute approximate surface area is 303 Å². The molecule has 270 valence electrons. The van der Waals surface area contributed by atoms with Crippen LogP contribution in [0, 0.1) is 23.6 Å². The van der Waals surface area contributed by atoms with Gasteiger partial charge in [0.2, 0.25) is 0 Å². The topological polar surface area (TPSA) is 46.9 Å². The number of alkyl halides is 3. The van der Waals surface area contributed by atoms with Crippen molar-refractivity contribution in [2.24, 2.45) is 17.8 Å². The first-order chi connectivity index (χ1) is 22.9. The number of nitrogens with zero attached hydrogens (tertiary/aromatic N) is 2. The summed E-state index contributed by atoms with van der Waals surface area (Å²) in [6.07, 6.45) is 2.00. The van der Waals surface area contributed by atoms with Crippen LogP contribution in [0.5, 0.6) is 0 Å². The Morgan fingerprint density at radius 3 is 1.94 bits per heavy atom. The summed E-state index contributed by atoms with van der Waals surface area (Å²) >= 11 is 17.7. The highest BCUT2D eigenvalue weighted by Crippen LogP contribution is 2.47. The van der Waals surface area contributed by atoms with E-state index in [4.69, 9.17) is 34.8 Å². The van der Waals surface area contributed by atoms with Gasteiger partial charge in [0.1, 0.15) is 5.82 Å². The van der Waals surface area contributed by atoms with Gasteiger partial charge in [-0.3, -0.25) is 0 Å². The fraction of sp³-hybridized carbons (Fsp3) is 0.526. The predicted molar refractivity (Wildman–Crippen MR) is 191 cm³/mol. The van der Waals surface area contributed by atoms with Crippen molar-refractivity contribution >= 4 is 34.8 Å². The number of aliphatic hydroxyl groups is 2. The van der Waals surface area contributed by atoms with E-state index >= 15 is 0 Å². The third-order valence-electron chi connectivity index (χ3n) is 10.1. The molecular weight excluding hydrogens is 699 g/mol. The fourth-order valence-electron chi connectivity index (χ4n) is 7.60. The van der Waals surface area contributed by atoms with Gasteiger partial charge in [-0.25, -0.2) is 4.39 Å². The standard InChI is InChI=1S/C22H26Cl2FNO.C16H21ClF3NO/c1-26(2)14-18-12-16(11-15-3-6-19(23)7-4-15)9-10-22(18,27)17-5-8-21(25)20(24)13-17;1-21(2)10-12-5-3-4-8-15(12,22)11-6-7-14(17)13(9-11)16(18,19)20/h3-8,13,16,18,27H,9-12,14H2,1-2H3;6-7,9,12,22H,3-5,8,10H2,1-2H3. The highest BCUT2D eigenvalue weighted by atomic mass is 35.5. The van der Waals surface area contributed by atoms with E-state index in [0.717, 1.165) is 56.2 Å². The average Bonchev–Trinajstić information content (AvgIpc) is 3.02. The van der Waals surface area contributed by atoms with Crippen molar-refractivity contribution in [1.29, 1.82) is 0 Å². The van der Waals surface area contributed by atoms with Crippen LogP contribution < -0.4 is 0 Å². The summed E-state index contributed by atoms with van der Waals surface area (Å²) in [7, 11) is 7.83. The second kappa shape index (κ2) is 16.6. The smallest absolute Gasteiger partial charge is 0.385 e. The highest BCUT2D eigenvalue weighted by molar-refractivity contribution is 6.31. The molecule has 0 heterocycles. The maximum absolute atomic E-state index is 13.6. The van der Waals surface area contributed by atoms with Gasteiger partial charge in [-0.05, 0) is 126 Å². The number of hydrogen-bond donors (Lipinski definition) is 2. The minimum absolute atomic E-state index is 0.0556. The number of benzene rings is 3. The Hall–Kier alpha value is -1.91. The molecule has 0 aliphatic heterocycles. The van der Waals surface area contributed by atoms with Gasteiger partial charge in [0.05, 0.1) is 26.8 Å². The Morgan fingerprint density at radius 1 is 0.735 bits per heavy atom. The lowest BCUT2D eigenvalue weighted by Crippen LogP contribution is -2.45. The summed E-state index contributed by atoms with van der Waals surface area (Å²) in [4.78, 5) is 4.06. The first-order valence-electron chi connectivity index (χ1n) is 16.7. The van der Waals surface area contributed by atoms with Crippen molar-refractivity contribution < 1.29 is 27.8 Å². The quantitative estimate of drug-likeness (QED) is 0.226. The molecule has 4 nitrogen and oxygen atoms in total. The summed E-state index contributed by atoms with van der Waals surface area (Å²) < 4.78 is 52.8. The maximum Gasteiger partial charge on any atom is 0.417 e. The summed E-state index contributed by atoms with van der Waals surface area (Å²) in [5.41, 5.74) is -0.801. The average molecular weight is 746 g/mol. The van der Waals surface area contributed by atoms with Gasteiger partial charge >= 0.3 is 6.18 Å². The lowest BCUT2D eigenvalue weighted by Gasteiger charge is -2.44. The Kier molecular flexibility index (Phi) is 13.5. The largest absolute Gasteiger partial charge is 0.417 e. The van der Waals surface area contributed by atoms with E-state index in [1.54, 1.807) is 12.1 Å². The molecule has 0 radical (unpaired) electrons. The van der Waals surface area contributed by atoms with Crippen molar-refractivity contribution in [1.82, 2.24) is 9.80 Å². The molecule has 2 saturated carbocycles. The monoisotopic (exact) mass is 744 g/mol. The second-order valence-electron chi connectivity index (χ2n) is 14.3. The van der Waals surface area contributed by atoms with E-state index in [0.29, 0.717) is 36.4 Å². The van der Waals surface area contributed by atoms with E-state index in [2.05, 4.69) is 17.0 Å². The molecule has 2 N–H and O–H groups in total. The van der Waals surface area contributed by atoms with Crippen molar-refractivity contribution in [3.8, 4) is 0 Å². The third kappa shape index (κ3) is 10.1. The van der Waals surface area contributed by atoms with Crippen LogP contribution in [-0.4, -0.2) is 61.3 Å². The summed E-state index contributed by atoms with van der Waals surface area (Å²) in [5.74, 6) is 0.00973. The van der Waals surface area contributed by atoms with Crippen LogP contribution in [0.2, 0.25) is 15.1 Å². The van der Waals surface area contributed by atoms with E-state index in [1.807, 2.05) is 45.2 Å². The van der Waals surface area contributed by atoms with Gasteiger partial charge in [-0.15, -0.1) is 0 Å². The van der Waals surface area contributed by atoms with Gasteiger partial charge in [0.15, 0.2) is 0 Å². The van der Waals surface area contributed by atoms with E-state index in [9.17, 15) is 27.8 Å². The van der Waals surface area contributed by atoms with E-state index in [-0.39, 0.29) is 21.9 Å². The van der Waals surface area contributed by atoms with Crippen molar-refractivity contribution in [3.05, 3.63) is 104 Å². The minimum Gasteiger partial charge on any atom is -0.385 e. The summed E-state index contributed by atoms with van der Waals surface area (Å²) in [6.45, 7) is 1.41. The molecule has 0 saturated heterocycles. The Balaban J connectivity index is 0.000000226. The lowest BCUT2D eigenvalue weighted by atomic mass is 9.66. The molecule has 5 unspecified atom stereocenters. The predicted octanol–water partition coefficient (Wildman–Crippen LogP) is 9.84. The number of hydrogen-bond acceptors (Lipinski definition) is 4. The highest BCUT2D eigenvalue weighted by Gasteiger charge is 2.44. The lowest BCUT2D eigenvalue weighted by molar-refractivity contribution is -0.137. The Morgan fingerprint density at radius 2 is 1.33 bits per heavy atom. The molecule has 2 aliphatic carbocycles. The molecule has 0 amide bonds. The molecule has 0 spiro atoms. The van der Waals surface area contributed by atoms with Crippen molar-refractivity contribution in [2.45, 2.75) is 68.7 Å². The first kappa shape index (κ1) is 39.9. The third-order valence-corrected chi connectivity index (χ3v) is 10.9. The normalized spacial score (nSPS) is 26.1. The molecule has 2 fully saturated rings. The number of rotatable bonds is 8. The molecule has 5 rings (SSSR count). The SMILES string of the molecule is CN(C)CC1CC(Cc2ccc(Cl)cc2)CCC1(O)c1ccc(F)c(Cl)c1.CN(C)CC1CCCCC1(O)c1ccc(Cl)c(C(F)(F)F)c1. The molecule has 11 heteroatoms.